The maximum absolute atomic E-state index is 13.3. The minimum absolute atomic E-state index is 0. The Hall–Kier alpha value is -0.520. The third kappa shape index (κ3) is 5.10. The van der Waals surface area contributed by atoms with Crippen LogP contribution < -0.4 is 5.73 Å². The van der Waals surface area contributed by atoms with Crippen molar-refractivity contribution in [3.05, 3.63) is 34.6 Å². The monoisotopic (exact) mass is 291 g/mol. The molecule has 1 atom stereocenters. The lowest BCUT2D eigenvalue weighted by atomic mass is 10.0. The molecular formula is C10H11Cl2F4N. The zero-order valence-corrected chi connectivity index (χ0v) is 10.2. The molecule has 0 aliphatic carbocycles. The zero-order chi connectivity index (χ0) is 12.3. The third-order valence-electron chi connectivity index (χ3n) is 2.11. The lowest BCUT2D eigenvalue weighted by Gasteiger charge is -2.15. The maximum Gasteiger partial charge on any atom is 0.389 e. The first kappa shape index (κ1) is 16.5. The van der Waals surface area contributed by atoms with E-state index in [1.807, 2.05) is 0 Å². The molecule has 1 rings (SSSR count). The number of halogens is 6. The SMILES string of the molecule is Cl.N[C@H](CCC(F)(F)F)c1c(F)cccc1Cl. The normalized spacial score (nSPS) is 13.1. The van der Waals surface area contributed by atoms with Crippen LogP contribution in [-0.2, 0) is 0 Å². The summed E-state index contributed by atoms with van der Waals surface area (Å²) >= 11 is 5.67. The van der Waals surface area contributed by atoms with Gasteiger partial charge in [0.1, 0.15) is 5.82 Å². The van der Waals surface area contributed by atoms with Crippen LogP contribution >= 0.6 is 24.0 Å². The molecule has 1 aromatic rings. The molecule has 0 radical (unpaired) electrons. The van der Waals surface area contributed by atoms with Crippen molar-refractivity contribution in [2.24, 2.45) is 5.73 Å². The van der Waals surface area contributed by atoms with Gasteiger partial charge in [0.15, 0.2) is 0 Å². The van der Waals surface area contributed by atoms with Crippen LogP contribution in [0.25, 0.3) is 0 Å². The molecule has 0 heterocycles. The molecule has 0 saturated carbocycles. The van der Waals surface area contributed by atoms with Crippen LogP contribution in [-0.4, -0.2) is 6.18 Å². The van der Waals surface area contributed by atoms with Gasteiger partial charge < -0.3 is 5.73 Å². The fraction of sp³-hybridized carbons (Fsp3) is 0.400. The van der Waals surface area contributed by atoms with E-state index in [0.717, 1.165) is 6.07 Å². The third-order valence-corrected chi connectivity index (χ3v) is 2.44. The molecule has 0 aliphatic heterocycles. The van der Waals surface area contributed by atoms with Crippen LogP contribution in [0.4, 0.5) is 17.6 Å². The Labute approximate surface area is 107 Å². The standard InChI is InChI=1S/C10H10ClF4N.ClH/c11-6-2-1-3-7(12)9(6)8(16)4-5-10(13,14)15;/h1-3,8H,4-5,16H2;1H/t8-;/m1./s1. The molecule has 98 valence electrons. The van der Waals surface area contributed by atoms with Gasteiger partial charge in [-0.05, 0) is 18.6 Å². The summed E-state index contributed by atoms with van der Waals surface area (Å²) in [5.74, 6) is -0.679. The van der Waals surface area contributed by atoms with Gasteiger partial charge in [-0.3, -0.25) is 0 Å². The summed E-state index contributed by atoms with van der Waals surface area (Å²) < 4.78 is 49.1. The van der Waals surface area contributed by atoms with Gasteiger partial charge in [0.2, 0.25) is 0 Å². The van der Waals surface area contributed by atoms with Gasteiger partial charge >= 0.3 is 6.18 Å². The van der Waals surface area contributed by atoms with Gasteiger partial charge in [-0.1, -0.05) is 17.7 Å². The summed E-state index contributed by atoms with van der Waals surface area (Å²) in [6, 6.07) is 2.84. The number of hydrogen-bond acceptors (Lipinski definition) is 1. The average Bonchev–Trinajstić information content (AvgIpc) is 2.13. The lowest BCUT2D eigenvalue weighted by Crippen LogP contribution is -2.17. The van der Waals surface area contributed by atoms with E-state index >= 15 is 0 Å². The Morgan fingerprint density at radius 2 is 1.88 bits per heavy atom. The molecule has 17 heavy (non-hydrogen) atoms. The second kappa shape index (κ2) is 6.42. The summed E-state index contributed by atoms with van der Waals surface area (Å²) in [7, 11) is 0. The quantitative estimate of drug-likeness (QED) is 0.828. The Morgan fingerprint density at radius 3 is 2.35 bits per heavy atom. The highest BCUT2D eigenvalue weighted by atomic mass is 35.5. The van der Waals surface area contributed by atoms with Crippen molar-refractivity contribution in [3.8, 4) is 0 Å². The largest absolute Gasteiger partial charge is 0.389 e. The van der Waals surface area contributed by atoms with Gasteiger partial charge in [-0.2, -0.15) is 13.2 Å². The molecule has 0 aromatic heterocycles. The van der Waals surface area contributed by atoms with Crippen molar-refractivity contribution in [1.82, 2.24) is 0 Å². The van der Waals surface area contributed by atoms with E-state index in [9.17, 15) is 17.6 Å². The summed E-state index contributed by atoms with van der Waals surface area (Å²) in [5.41, 5.74) is 5.42. The molecule has 0 bridgehead atoms. The molecule has 2 N–H and O–H groups in total. The number of hydrogen-bond donors (Lipinski definition) is 1. The van der Waals surface area contributed by atoms with Gasteiger partial charge in [0.25, 0.3) is 0 Å². The fourth-order valence-electron chi connectivity index (χ4n) is 1.33. The predicted molar refractivity (Wildman–Crippen MR) is 60.9 cm³/mol. The molecular weight excluding hydrogens is 281 g/mol. The molecule has 0 saturated heterocycles. The second-order valence-electron chi connectivity index (χ2n) is 3.40. The van der Waals surface area contributed by atoms with Gasteiger partial charge in [0, 0.05) is 23.0 Å². The number of rotatable bonds is 3. The highest BCUT2D eigenvalue weighted by Crippen LogP contribution is 2.30. The fourth-order valence-corrected chi connectivity index (χ4v) is 1.63. The second-order valence-corrected chi connectivity index (χ2v) is 3.80. The van der Waals surface area contributed by atoms with Crippen molar-refractivity contribution in [2.75, 3.05) is 0 Å². The van der Waals surface area contributed by atoms with Crippen LogP contribution in [0.3, 0.4) is 0 Å². The molecule has 0 unspecified atom stereocenters. The summed E-state index contributed by atoms with van der Waals surface area (Å²) in [5, 5.41) is 0.0506. The predicted octanol–water partition coefficient (Wildman–Crippen LogP) is 4.24. The van der Waals surface area contributed by atoms with E-state index in [2.05, 4.69) is 0 Å². The van der Waals surface area contributed by atoms with Crippen molar-refractivity contribution in [1.29, 1.82) is 0 Å². The summed E-state index contributed by atoms with van der Waals surface area (Å²) in [6.07, 6.45) is -5.74. The maximum atomic E-state index is 13.3. The van der Waals surface area contributed by atoms with E-state index in [-0.39, 0.29) is 29.4 Å². The van der Waals surface area contributed by atoms with E-state index in [1.165, 1.54) is 12.1 Å². The summed E-state index contributed by atoms with van der Waals surface area (Å²) in [6.45, 7) is 0. The average molecular weight is 292 g/mol. The first-order valence-corrected chi connectivity index (χ1v) is 4.95. The molecule has 0 spiro atoms. The number of benzene rings is 1. The topological polar surface area (TPSA) is 26.0 Å². The Bertz CT molecular complexity index is 348. The van der Waals surface area contributed by atoms with Gasteiger partial charge in [0.05, 0.1) is 0 Å². The Balaban J connectivity index is 0.00000256. The van der Waals surface area contributed by atoms with Crippen molar-refractivity contribution in [3.63, 3.8) is 0 Å². The zero-order valence-electron chi connectivity index (χ0n) is 8.60. The van der Waals surface area contributed by atoms with Crippen LogP contribution in [0.2, 0.25) is 5.02 Å². The van der Waals surface area contributed by atoms with Crippen molar-refractivity contribution in [2.45, 2.75) is 25.1 Å². The van der Waals surface area contributed by atoms with Crippen LogP contribution in [0.1, 0.15) is 24.4 Å². The molecule has 0 fully saturated rings. The van der Waals surface area contributed by atoms with E-state index in [0.29, 0.717) is 0 Å². The molecule has 1 aromatic carbocycles. The van der Waals surface area contributed by atoms with Crippen molar-refractivity contribution < 1.29 is 17.6 Å². The van der Waals surface area contributed by atoms with E-state index in [4.69, 9.17) is 17.3 Å². The minimum Gasteiger partial charge on any atom is -0.324 e. The molecule has 0 aliphatic rings. The van der Waals surface area contributed by atoms with Crippen LogP contribution in [0, 0.1) is 5.82 Å². The Morgan fingerprint density at radius 1 is 1.29 bits per heavy atom. The molecule has 1 nitrogen and oxygen atoms in total. The molecule has 0 amide bonds. The Kier molecular flexibility index (Phi) is 6.23. The first-order chi connectivity index (χ1) is 7.31. The number of nitrogens with two attached hydrogens (primary N) is 1. The van der Waals surface area contributed by atoms with E-state index < -0.39 is 24.5 Å². The van der Waals surface area contributed by atoms with Gasteiger partial charge in [-0.25, -0.2) is 4.39 Å². The van der Waals surface area contributed by atoms with Gasteiger partial charge in [-0.15, -0.1) is 12.4 Å². The van der Waals surface area contributed by atoms with Crippen LogP contribution in [0.15, 0.2) is 18.2 Å². The molecule has 7 heteroatoms. The highest BCUT2D eigenvalue weighted by Gasteiger charge is 2.28. The summed E-state index contributed by atoms with van der Waals surface area (Å²) in [4.78, 5) is 0. The highest BCUT2D eigenvalue weighted by molar-refractivity contribution is 6.31. The minimum atomic E-state index is -4.30. The van der Waals surface area contributed by atoms with Crippen molar-refractivity contribution >= 4 is 24.0 Å². The van der Waals surface area contributed by atoms with E-state index in [1.54, 1.807) is 0 Å². The smallest absolute Gasteiger partial charge is 0.324 e. The lowest BCUT2D eigenvalue weighted by molar-refractivity contribution is -0.136. The first-order valence-electron chi connectivity index (χ1n) is 4.57. The number of alkyl halides is 3. The van der Waals surface area contributed by atoms with Crippen LogP contribution in [0.5, 0.6) is 0 Å².